The van der Waals surface area contributed by atoms with Gasteiger partial charge >= 0.3 is 5.97 Å². The summed E-state index contributed by atoms with van der Waals surface area (Å²) in [5.74, 6) is -0.945. The zero-order chi connectivity index (χ0) is 7.44. The molecule has 0 fully saturated rings. The Balaban J connectivity index is 3.65. The van der Waals surface area contributed by atoms with Gasteiger partial charge in [0.25, 0.3) is 0 Å². The van der Waals surface area contributed by atoms with Gasteiger partial charge in [-0.05, 0) is 0 Å². The van der Waals surface area contributed by atoms with Crippen LogP contribution in [0.15, 0.2) is 12.2 Å². The molecule has 1 N–H and O–H groups in total. The van der Waals surface area contributed by atoms with Crippen LogP contribution in [0.4, 0.5) is 0 Å². The smallest absolute Gasteiger partial charge is 0.331 e. The Morgan fingerprint density at radius 2 is 2.11 bits per heavy atom. The molecule has 0 unspecified atom stereocenters. The van der Waals surface area contributed by atoms with Crippen molar-refractivity contribution in [2.45, 2.75) is 10.2 Å². The maximum atomic E-state index is 10.1. The molecule has 0 aliphatic heterocycles. The molecule has 0 saturated carbocycles. The molecule has 0 aliphatic carbocycles. The molecule has 0 aliphatic rings. The number of rotatable bonds is 3. The van der Waals surface area contributed by atoms with E-state index in [1.165, 1.54) is 0 Å². The van der Waals surface area contributed by atoms with Gasteiger partial charge in [0.2, 0.25) is 0 Å². The van der Waals surface area contributed by atoms with Gasteiger partial charge in [0.05, 0.1) is 3.74 Å². The van der Waals surface area contributed by atoms with E-state index >= 15 is 0 Å². The second kappa shape index (κ2) is 4.06. The van der Waals surface area contributed by atoms with Gasteiger partial charge in [0.15, 0.2) is 0 Å². The van der Waals surface area contributed by atoms with Crippen molar-refractivity contribution in [3.05, 3.63) is 12.2 Å². The van der Waals surface area contributed by atoms with Gasteiger partial charge in [0.1, 0.15) is 0 Å². The molecule has 0 atom stereocenters. The van der Waals surface area contributed by atoms with E-state index in [4.69, 9.17) is 5.11 Å². The highest BCUT2D eigenvalue weighted by atomic mass is 79.9. The summed E-state index contributed by atoms with van der Waals surface area (Å²) in [5.41, 5.74) is 0.203. The van der Waals surface area contributed by atoms with Crippen LogP contribution >= 0.6 is 31.9 Å². The largest absolute Gasteiger partial charge is 0.478 e. The first-order valence-electron chi connectivity index (χ1n) is 2.23. The number of carboxylic acid groups (broad SMARTS) is 1. The summed E-state index contributed by atoms with van der Waals surface area (Å²) >= 11 is 6.27. The molecule has 9 heavy (non-hydrogen) atoms. The van der Waals surface area contributed by atoms with Crippen LogP contribution in [0.5, 0.6) is 0 Å². The monoisotopic (exact) mass is 256 g/mol. The first-order valence-corrected chi connectivity index (χ1v) is 4.06. The van der Waals surface area contributed by atoms with E-state index in [1.54, 1.807) is 0 Å². The zero-order valence-corrected chi connectivity index (χ0v) is 7.77. The molecule has 0 rings (SSSR count). The highest BCUT2D eigenvalue weighted by molar-refractivity contribution is 9.24. The lowest BCUT2D eigenvalue weighted by Crippen LogP contribution is -2.01. The topological polar surface area (TPSA) is 37.3 Å². The van der Waals surface area contributed by atoms with E-state index in [-0.39, 0.29) is 9.31 Å². The summed E-state index contributed by atoms with van der Waals surface area (Å²) in [6.45, 7) is 3.33. The number of aliphatic carboxylic acids is 1. The number of hydrogen-bond acceptors (Lipinski definition) is 1. The SMILES string of the molecule is C=C(CC(Br)Br)C(=O)O. The fraction of sp³-hybridized carbons (Fsp3) is 0.400. The molecule has 0 aromatic rings. The van der Waals surface area contributed by atoms with Crippen LogP contribution in [0.25, 0.3) is 0 Å². The van der Waals surface area contributed by atoms with Crippen LogP contribution in [-0.2, 0) is 4.79 Å². The van der Waals surface area contributed by atoms with Crippen molar-refractivity contribution in [2.24, 2.45) is 0 Å². The molecule has 0 radical (unpaired) electrons. The maximum Gasteiger partial charge on any atom is 0.331 e. The average molecular weight is 258 g/mol. The van der Waals surface area contributed by atoms with Crippen molar-refractivity contribution in [2.75, 3.05) is 0 Å². The Kier molecular flexibility index (Phi) is 4.14. The lowest BCUT2D eigenvalue weighted by atomic mass is 10.2. The molecule has 0 amide bonds. The first kappa shape index (κ1) is 9.17. The normalized spacial score (nSPS) is 9.67. The number of carboxylic acids is 1. The molecule has 0 aromatic carbocycles. The Morgan fingerprint density at radius 3 is 2.22 bits per heavy atom. The van der Waals surface area contributed by atoms with E-state index in [0.717, 1.165) is 0 Å². The van der Waals surface area contributed by atoms with Crippen LogP contribution in [0.3, 0.4) is 0 Å². The third-order valence-corrected chi connectivity index (χ3v) is 1.35. The molecular formula is C5H6Br2O2. The Hall–Kier alpha value is 0.170. The third-order valence-electron chi connectivity index (χ3n) is 0.703. The van der Waals surface area contributed by atoms with Gasteiger partial charge in [-0.1, -0.05) is 38.4 Å². The lowest BCUT2D eigenvalue weighted by Gasteiger charge is -1.98. The van der Waals surface area contributed by atoms with Crippen molar-refractivity contribution in [3.63, 3.8) is 0 Å². The predicted molar refractivity (Wildman–Crippen MR) is 43.0 cm³/mol. The zero-order valence-electron chi connectivity index (χ0n) is 4.60. The standard InChI is InChI=1S/C5H6Br2O2/c1-3(5(8)9)2-4(6)7/h4H,1-2H2,(H,8,9). The molecule has 0 aromatic heterocycles. The summed E-state index contributed by atoms with van der Waals surface area (Å²) in [6.07, 6.45) is 0.412. The summed E-state index contributed by atoms with van der Waals surface area (Å²) in [4.78, 5) is 10.1. The van der Waals surface area contributed by atoms with Gasteiger partial charge in [0, 0.05) is 12.0 Å². The van der Waals surface area contributed by atoms with Gasteiger partial charge < -0.3 is 5.11 Å². The Morgan fingerprint density at radius 1 is 1.67 bits per heavy atom. The molecule has 2 nitrogen and oxygen atoms in total. The molecule has 52 valence electrons. The van der Waals surface area contributed by atoms with Gasteiger partial charge in [-0.2, -0.15) is 0 Å². The molecule has 0 heterocycles. The quantitative estimate of drug-likeness (QED) is 0.621. The average Bonchev–Trinajstić information content (AvgIpc) is 1.63. The molecule has 0 spiro atoms. The first-order chi connectivity index (χ1) is 4.04. The van der Waals surface area contributed by atoms with Crippen LogP contribution in [0.1, 0.15) is 6.42 Å². The van der Waals surface area contributed by atoms with Crippen LogP contribution in [-0.4, -0.2) is 14.8 Å². The van der Waals surface area contributed by atoms with E-state index < -0.39 is 5.97 Å². The fourth-order valence-electron chi connectivity index (χ4n) is 0.274. The molecule has 0 saturated heterocycles. The van der Waals surface area contributed by atoms with Gasteiger partial charge in [-0.15, -0.1) is 0 Å². The van der Waals surface area contributed by atoms with E-state index in [0.29, 0.717) is 6.42 Å². The second-order valence-electron chi connectivity index (χ2n) is 1.50. The Labute approximate surface area is 70.2 Å². The third kappa shape index (κ3) is 4.66. The Bertz CT molecular complexity index is 131. The van der Waals surface area contributed by atoms with Crippen LogP contribution in [0, 0.1) is 0 Å². The summed E-state index contributed by atoms with van der Waals surface area (Å²) in [7, 11) is 0. The molecular weight excluding hydrogens is 252 g/mol. The van der Waals surface area contributed by atoms with E-state index in [2.05, 4.69) is 38.4 Å². The number of carbonyl (C=O) groups is 1. The maximum absolute atomic E-state index is 10.1. The number of halogens is 2. The van der Waals surface area contributed by atoms with Crippen molar-refractivity contribution in [3.8, 4) is 0 Å². The summed E-state index contributed by atoms with van der Waals surface area (Å²) < 4.78 is 0.00796. The lowest BCUT2D eigenvalue weighted by molar-refractivity contribution is -0.132. The van der Waals surface area contributed by atoms with Gasteiger partial charge in [-0.3, -0.25) is 0 Å². The van der Waals surface area contributed by atoms with Crippen molar-refractivity contribution >= 4 is 37.8 Å². The van der Waals surface area contributed by atoms with Crippen LogP contribution < -0.4 is 0 Å². The summed E-state index contributed by atoms with van der Waals surface area (Å²) in [6, 6.07) is 0. The van der Waals surface area contributed by atoms with Crippen LogP contribution in [0.2, 0.25) is 0 Å². The van der Waals surface area contributed by atoms with Crippen molar-refractivity contribution in [1.82, 2.24) is 0 Å². The number of hydrogen-bond donors (Lipinski definition) is 1. The highest BCUT2D eigenvalue weighted by Gasteiger charge is 2.06. The minimum absolute atomic E-state index is 0.00796. The van der Waals surface area contributed by atoms with Gasteiger partial charge in [-0.25, -0.2) is 4.79 Å². The summed E-state index contributed by atoms with van der Waals surface area (Å²) in [5, 5.41) is 8.29. The van der Waals surface area contributed by atoms with Crippen molar-refractivity contribution in [1.29, 1.82) is 0 Å². The highest BCUT2D eigenvalue weighted by Crippen LogP contribution is 2.16. The van der Waals surface area contributed by atoms with E-state index in [9.17, 15) is 4.79 Å². The minimum atomic E-state index is -0.945. The minimum Gasteiger partial charge on any atom is -0.478 e. The molecule has 0 bridgehead atoms. The van der Waals surface area contributed by atoms with Crippen molar-refractivity contribution < 1.29 is 9.90 Å². The molecule has 4 heteroatoms. The second-order valence-corrected chi connectivity index (χ2v) is 4.94. The van der Waals surface area contributed by atoms with E-state index in [1.807, 2.05) is 0 Å². The fourth-order valence-corrected chi connectivity index (χ4v) is 1.06. The predicted octanol–water partition coefficient (Wildman–Crippen LogP) is 2.13. The number of alkyl halides is 2.